The number of methoxy groups -OCH3 is 1. The molecule has 144 valence electrons. The second kappa shape index (κ2) is 8.43. The smallest absolute Gasteiger partial charge is 0.265 e. The van der Waals surface area contributed by atoms with Crippen molar-refractivity contribution in [3.8, 4) is 11.5 Å². The maximum atomic E-state index is 12.4. The zero-order valence-corrected chi connectivity index (χ0v) is 16.0. The Morgan fingerprint density at radius 2 is 1.39 bits per heavy atom. The largest absolute Gasteiger partial charge is 0.497 e. The summed E-state index contributed by atoms with van der Waals surface area (Å²) in [6.07, 6.45) is -0.682. The highest BCUT2D eigenvalue weighted by Crippen LogP contribution is 2.25. The van der Waals surface area contributed by atoms with Crippen LogP contribution in [0.15, 0.2) is 60.7 Å². The van der Waals surface area contributed by atoms with E-state index in [0.717, 1.165) is 16.5 Å². The Kier molecular flexibility index (Phi) is 5.79. The molecule has 3 rings (SSSR count). The molecule has 0 spiro atoms. The van der Waals surface area contributed by atoms with Gasteiger partial charge in [0.25, 0.3) is 5.91 Å². The summed E-state index contributed by atoms with van der Waals surface area (Å²) in [4.78, 5) is 23.5. The third-order valence-electron chi connectivity index (χ3n) is 4.17. The molecular weight excluding hydrogens is 356 g/mol. The van der Waals surface area contributed by atoms with Gasteiger partial charge in [0.1, 0.15) is 11.5 Å². The molecule has 6 heteroatoms. The van der Waals surface area contributed by atoms with Crippen LogP contribution in [0.25, 0.3) is 10.8 Å². The number of anilines is 2. The summed E-state index contributed by atoms with van der Waals surface area (Å²) in [5, 5.41) is 7.51. The van der Waals surface area contributed by atoms with Gasteiger partial charge in [0.2, 0.25) is 5.91 Å². The van der Waals surface area contributed by atoms with Crippen molar-refractivity contribution in [2.75, 3.05) is 17.7 Å². The standard InChI is InChI=1S/C22H22N2O4/c1-14(22(26)24-19-8-6-18(7-9-19)23-15(2)25)28-21-11-5-16-4-10-20(27-3)12-17(16)13-21/h4-14H,1-3H3,(H,23,25)(H,24,26)/t14-/m1/s1. The minimum Gasteiger partial charge on any atom is -0.497 e. The van der Waals surface area contributed by atoms with Gasteiger partial charge in [-0.15, -0.1) is 0 Å². The number of carbonyl (C=O) groups is 2. The molecule has 1 atom stereocenters. The third-order valence-corrected chi connectivity index (χ3v) is 4.17. The van der Waals surface area contributed by atoms with Gasteiger partial charge in [-0.2, -0.15) is 0 Å². The zero-order valence-electron chi connectivity index (χ0n) is 16.0. The van der Waals surface area contributed by atoms with E-state index in [1.54, 1.807) is 38.3 Å². The van der Waals surface area contributed by atoms with Crippen LogP contribution < -0.4 is 20.1 Å². The van der Waals surface area contributed by atoms with E-state index in [-0.39, 0.29) is 11.8 Å². The highest BCUT2D eigenvalue weighted by molar-refractivity contribution is 5.95. The van der Waals surface area contributed by atoms with Crippen LogP contribution in [0.3, 0.4) is 0 Å². The Bertz CT molecular complexity index is 999. The lowest BCUT2D eigenvalue weighted by Crippen LogP contribution is -2.30. The lowest BCUT2D eigenvalue weighted by Gasteiger charge is -2.15. The molecule has 3 aromatic carbocycles. The fraction of sp³-hybridized carbons (Fsp3) is 0.182. The number of amides is 2. The average molecular weight is 378 g/mol. The molecule has 0 aromatic heterocycles. The molecule has 0 bridgehead atoms. The number of hydrogen-bond donors (Lipinski definition) is 2. The molecule has 0 radical (unpaired) electrons. The molecule has 6 nitrogen and oxygen atoms in total. The van der Waals surface area contributed by atoms with Crippen molar-refractivity contribution in [2.24, 2.45) is 0 Å². The van der Waals surface area contributed by atoms with Crippen LogP contribution >= 0.6 is 0 Å². The number of ether oxygens (including phenoxy) is 2. The van der Waals surface area contributed by atoms with Crippen molar-refractivity contribution in [3.05, 3.63) is 60.7 Å². The van der Waals surface area contributed by atoms with E-state index >= 15 is 0 Å². The highest BCUT2D eigenvalue weighted by atomic mass is 16.5. The van der Waals surface area contributed by atoms with E-state index in [9.17, 15) is 9.59 Å². The van der Waals surface area contributed by atoms with Crippen LogP contribution in [-0.2, 0) is 9.59 Å². The number of fused-ring (bicyclic) bond motifs is 1. The van der Waals surface area contributed by atoms with Crippen LogP contribution in [0.2, 0.25) is 0 Å². The second-order valence-electron chi connectivity index (χ2n) is 6.38. The number of rotatable bonds is 6. The van der Waals surface area contributed by atoms with Gasteiger partial charge in [0.05, 0.1) is 7.11 Å². The Hall–Kier alpha value is -3.54. The summed E-state index contributed by atoms with van der Waals surface area (Å²) < 4.78 is 11.0. The molecule has 0 saturated carbocycles. The van der Waals surface area contributed by atoms with Gasteiger partial charge in [0, 0.05) is 18.3 Å². The predicted octanol–water partition coefficient (Wildman–Crippen LogP) is 4.21. The summed E-state index contributed by atoms with van der Waals surface area (Å²) in [7, 11) is 1.62. The molecule has 0 unspecified atom stereocenters. The Balaban J connectivity index is 1.65. The maximum Gasteiger partial charge on any atom is 0.265 e. The first kappa shape index (κ1) is 19.2. The lowest BCUT2D eigenvalue weighted by molar-refractivity contribution is -0.122. The van der Waals surface area contributed by atoms with Crippen LogP contribution in [0.1, 0.15) is 13.8 Å². The minimum atomic E-state index is -0.682. The molecule has 2 N–H and O–H groups in total. The van der Waals surface area contributed by atoms with Crippen molar-refractivity contribution in [1.29, 1.82) is 0 Å². The normalized spacial score (nSPS) is 11.5. The lowest BCUT2D eigenvalue weighted by atomic mass is 10.1. The molecule has 28 heavy (non-hydrogen) atoms. The molecular formula is C22H22N2O4. The predicted molar refractivity (Wildman–Crippen MR) is 110 cm³/mol. The topological polar surface area (TPSA) is 76.7 Å². The molecule has 3 aromatic rings. The summed E-state index contributed by atoms with van der Waals surface area (Å²) in [6, 6.07) is 18.3. The zero-order chi connectivity index (χ0) is 20.1. The van der Waals surface area contributed by atoms with E-state index in [1.807, 2.05) is 36.4 Å². The molecule has 0 aliphatic rings. The fourth-order valence-electron chi connectivity index (χ4n) is 2.74. The molecule has 0 heterocycles. The van der Waals surface area contributed by atoms with Gasteiger partial charge in [-0.1, -0.05) is 12.1 Å². The Labute approximate surface area is 163 Å². The summed E-state index contributed by atoms with van der Waals surface area (Å²) in [5.74, 6) is 0.951. The molecule has 2 amide bonds. The first-order chi connectivity index (χ1) is 13.4. The number of carbonyl (C=O) groups excluding carboxylic acids is 2. The van der Waals surface area contributed by atoms with Gasteiger partial charge in [-0.25, -0.2) is 0 Å². The first-order valence-electron chi connectivity index (χ1n) is 8.87. The quantitative estimate of drug-likeness (QED) is 0.674. The van der Waals surface area contributed by atoms with E-state index in [4.69, 9.17) is 9.47 Å². The van der Waals surface area contributed by atoms with Crippen molar-refractivity contribution in [2.45, 2.75) is 20.0 Å². The molecule has 0 fully saturated rings. The number of hydrogen-bond acceptors (Lipinski definition) is 4. The fourth-order valence-corrected chi connectivity index (χ4v) is 2.74. The SMILES string of the molecule is COc1ccc2ccc(O[C@H](C)C(=O)Nc3ccc(NC(C)=O)cc3)cc2c1. The first-order valence-corrected chi connectivity index (χ1v) is 8.87. The molecule has 0 aliphatic heterocycles. The molecule has 0 saturated heterocycles. The van der Waals surface area contributed by atoms with Crippen molar-refractivity contribution >= 4 is 34.0 Å². The van der Waals surface area contributed by atoms with Crippen molar-refractivity contribution in [1.82, 2.24) is 0 Å². The van der Waals surface area contributed by atoms with Crippen LogP contribution in [-0.4, -0.2) is 25.0 Å². The van der Waals surface area contributed by atoms with Crippen LogP contribution in [0, 0.1) is 0 Å². The van der Waals surface area contributed by atoms with Crippen molar-refractivity contribution in [3.63, 3.8) is 0 Å². The Morgan fingerprint density at radius 1 is 0.821 bits per heavy atom. The van der Waals surface area contributed by atoms with Gasteiger partial charge in [0.15, 0.2) is 6.10 Å². The number of nitrogens with one attached hydrogen (secondary N) is 2. The third kappa shape index (κ3) is 4.79. The molecule has 0 aliphatic carbocycles. The second-order valence-corrected chi connectivity index (χ2v) is 6.38. The summed E-state index contributed by atoms with van der Waals surface area (Å²) in [5.41, 5.74) is 1.29. The van der Waals surface area contributed by atoms with E-state index in [1.165, 1.54) is 6.92 Å². The van der Waals surface area contributed by atoms with Gasteiger partial charge in [-0.05, 0) is 66.2 Å². The Morgan fingerprint density at radius 3 is 2.00 bits per heavy atom. The van der Waals surface area contributed by atoms with E-state index < -0.39 is 6.10 Å². The minimum absolute atomic E-state index is 0.146. The van der Waals surface area contributed by atoms with Gasteiger partial charge < -0.3 is 20.1 Å². The summed E-state index contributed by atoms with van der Waals surface area (Å²) in [6.45, 7) is 3.13. The average Bonchev–Trinajstić information content (AvgIpc) is 2.68. The highest BCUT2D eigenvalue weighted by Gasteiger charge is 2.15. The van der Waals surface area contributed by atoms with Crippen LogP contribution in [0.5, 0.6) is 11.5 Å². The van der Waals surface area contributed by atoms with Gasteiger partial charge in [-0.3, -0.25) is 9.59 Å². The maximum absolute atomic E-state index is 12.4. The van der Waals surface area contributed by atoms with E-state index in [0.29, 0.717) is 17.1 Å². The van der Waals surface area contributed by atoms with Gasteiger partial charge >= 0.3 is 0 Å². The monoisotopic (exact) mass is 378 g/mol. The van der Waals surface area contributed by atoms with E-state index in [2.05, 4.69) is 10.6 Å². The van der Waals surface area contributed by atoms with Crippen molar-refractivity contribution < 1.29 is 19.1 Å². The van der Waals surface area contributed by atoms with Crippen LogP contribution in [0.4, 0.5) is 11.4 Å². The number of benzene rings is 3. The summed E-state index contributed by atoms with van der Waals surface area (Å²) >= 11 is 0.